The van der Waals surface area contributed by atoms with E-state index in [-0.39, 0.29) is 30.7 Å². The number of rotatable bonds is 9. The molecule has 0 fully saturated rings. The Morgan fingerprint density at radius 2 is 1.88 bits per heavy atom. The van der Waals surface area contributed by atoms with Crippen molar-refractivity contribution in [3.05, 3.63) is 11.6 Å². The molecule has 0 radical (unpaired) electrons. The second kappa shape index (κ2) is 13.4. The van der Waals surface area contributed by atoms with Gasteiger partial charge in [-0.05, 0) is 32.2 Å². The van der Waals surface area contributed by atoms with Crippen molar-refractivity contribution in [2.45, 2.75) is 70.8 Å². The molecule has 8 heteroatoms. The van der Waals surface area contributed by atoms with Crippen LogP contribution < -0.4 is 11.1 Å². The molecule has 0 unspecified atom stereocenters. The predicted octanol–water partition coefficient (Wildman–Crippen LogP) is 2.42. The number of carbonyl (C=O) groups is 1. The third kappa shape index (κ3) is 7.81. The van der Waals surface area contributed by atoms with Crippen molar-refractivity contribution in [1.82, 2.24) is 20.1 Å². The number of hydrogen-bond donors (Lipinski definition) is 2. The van der Waals surface area contributed by atoms with Gasteiger partial charge in [0.25, 0.3) is 0 Å². The molecule has 1 aromatic rings. The molecule has 1 amide bonds. The number of aromatic nitrogens is 3. The maximum Gasteiger partial charge on any atom is 0.220 e. The number of nitrogens with zero attached hydrogens (tertiary/aromatic N) is 3. The minimum absolute atomic E-state index is 0. The quantitative estimate of drug-likeness (QED) is 0.645. The Balaban J connectivity index is 0.00000264. The molecule has 1 aliphatic rings. The Bertz CT molecular complexity index is 467. The average Bonchev–Trinajstić information content (AvgIpc) is 2.75. The van der Waals surface area contributed by atoms with Gasteiger partial charge in [-0.1, -0.05) is 19.3 Å². The molecule has 0 aliphatic carbocycles. The fourth-order valence-corrected chi connectivity index (χ4v) is 2.92. The summed E-state index contributed by atoms with van der Waals surface area (Å²) in [6.45, 7) is 2.42. The Hall–Kier alpha value is -0.850. The smallest absolute Gasteiger partial charge is 0.220 e. The molecular weight excluding hydrogens is 349 g/mol. The van der Waals surface area contributed by atoms with Crippen LogP contribution in [0.2, 0.25) is 0 Å². The van der Waals surface area contributed by atoms with Gasteiger partial charge in [0.05, 0.1) is 0 Å². The van der Waals surface area contributed by atoms with E-state index in [1.165, 1.54) is 19.3 Å². The predicted molar refractivity (Wildman–Crippen MR) is 101 cm³/mol. The van der Waals surface area contributed by atoms with Crippen LogP contribution in [0.4, 0.5) is 0 Å². The monoisotopic (exact) mass is 379 g/mol. The molecular formula is C16H31Cl2N5O. The van der Waals surface area contributed by atoms with Crippen molar-refractivity contribution in [1.29, 1.82) is 0 Å². The van der Waals surface area contributed by atoms with E-state index in [4.69, 9.17) is 5.73 Å². The van der Waals surface area contributed by atoms with Gasteiger partial charge in [0.1, 0.15) is 11.6 Å². The Kier molecular flexibility index (Phi) is 13.0. The third-order valence-corrected chi connectivity index (χ3v) is 4.21. The Morgan fingerprint density at radius 1 is 1.08 bits per heavy atom. The van der Waals surface area contributed by atoms with Gasteiger partial charge >= 0.3 is 0 Å². The normalized spacial score (nSPS) is 13.2. The van der Waals surface area contributed by atoms with Crippen LogP contribution in [0.5, 0.6) is 0 Å². The number of aryl methyl sites for hydroxylation is 1. The Labute approximate surface area is 157 Å². The first-order valence-electron chi connectivity index (χ1n) is 8.69. The van der Waals surface area contributed by atoms with Crippen LogP contribution >= 0.6 is 24.8 Å². The van der Waals surface area contributed by atoms with Gasteiger partial charge in [0.2, 0.25) is 5.91 Å². The molecule has 1 aliphatic heterocycles. The summed E-state index contributed by atoms with van der Waals surface area (Å²) in [5.74, 6) is 2.27. The van der Waals surface area contributed by atoms with Crippen molar-refractivity contribution < 1.29 is 4.79 Å². The highest BCUT2D eigenvalue weighted by atomic mass is 35.5. The van der Waals surface area contributed by atoms with E-state index in [1.807, 2.05) is 0 Å². The highest BCUT2D eigenvalue weighted by molar-refractivity contribution is 5.85. The lowest BCUT2D eigenvalue weighted by atomic mass is 10.1. The SMILES string of the molecule is Cl.Cl.NCCCCCCC(=O)NCCc1nnc2n1CCCCC2. The van der Waals surface area contributed by atoms with E-state index in [0.717, 1.165) is 63.3 Å². The standard InChI is InChI=1S/C16H29N5O.2ClH/c17-11-6-2-1-5-9-16(22)18-12-10-15-20-19-14-8-4-3-7-13-21(14)15;;/h1-13,17H2,(H,18,22);2*1H. The molecule has 0 aromatic carbocycles. The molecule has 24 heavy (non-hydrogen) atoms. The molecule has 2 heterocycles. The lowest BCUT2D eigenvalue weighted by molar-refractivity contribution is -0.121. The highest BCUT2D eigenvalue weighted by Crippen LogP contribution is 2.14. The number of hydrogen-bond acceptors (Lipinski definition) is 4. The fraction of sp³-hybridized carbons (Fsp3) is 0.812. The number of nitrogens with one attached hydrogen (secondary N) is 1. The molecule has 0 saturated carbocycles. The second-order valence-corrected chi connectivity index (χ2v) is 6.05. The average molecular weight is 380 g/mol. The zero-order valence-corrected chi connectivity index (χ0v) is 16.0. The third-order valence-electron chi connectivity index (χ3n) is 4.21. The lowest BCUT2D eigenvalue weighted by Gasteiger charge is -2.08. The van der Waals surface area contributed by atoms with E-state index in [1.54, 1.807) is 0 Å². The summed E-state index contributed by atoms with van der Waals surface area (Å²) in [5.41, 5.74) is 5.45. The van der Waals surface area contributed by atoms with Crippen LogP contribution in [0.15, 0.2) is 0 Å². The van der Waals surface area contributed by atoms with E-state index in [2.05, 4.69) is 20.1 Å². The molecule has 0 atom stereocenters. The van der Waals surface area contributed by atoms with Gasteiger partial charge in [-0.15, -0.1) is 35.0 Å². The van der Waals surface area contributed by atoms with Crippen LogP contribution in [-0.2, 0) is 24.2 Å². The second-order valence-electron chi connectivity index (χ2n) is 6.05. The number of fused-ring (bicyclic) bond motifs is 1. The zero-order valence-electron chi connectivity index (χ0n) is 14.3. The van der Waals surface area contributed by atoms with Crippen molar-refractivity contribution >= 4 is 30.7 Å². The summed E-state index contributed by atoms with van der Waals surface area (Å²) in [5, 5.41) is 11.6. The Morgan fingerprint density at radius 3 is 2.67 bits per heavy atom. The van der Waals surface area contributed by atoms with Gasteiger partial charge in [0, 0.05) is 32.4 Å². The summed E-state index contributed by atoms with van der Waals surface area (Å²) in [6.07, 6.45) is 10.3. The van der Waals surface area contributed by atoms with Gasteiger partial charge in [-0.25, -0.2) is 0 Å². The molecule has 0 spiro atoms. The first-order valence-corrected chi connectivity index (χ1v) is 8.69. The minimum atomic E-state index is 0. The topological polar surface area (TPSA) is 85.8 Å². The molecule has 1 aromatic heterocycles. The van der Waals surface area contributed by atoms with Crippen molar-refractivity contribution in [3.63, 3.8) is 0 Å². The maximum absolute atomic E-state index is 11.8. The number of amides is 1. The number of halogens is 2. The van der Waals surface area contributed by atoms with E-state index in [9.17, 15) is 4.79 Å². The van der Waals surface area contributed by atoms with Gasteiger partial charge in [-0.2, -0.15) is 0 Å². The zero-order chi connectivity index (χ0) is 15.6. The number of unbranched alkanes of at least 4 members (excludes halogenated alkanes) is 3. The summed E-state index contributed by atoms with van der Waals surface area (Å²) in [6, 6.07) is 0. The van der Waals surface area contributed by atoms with Crippen LogP contribution in [0.25, 0.3) is 0 Å². The minimum Gasteiger partial charge on any atom is -0.356 e. The van der Waals surface area contributed by atoms with Crippen LogP contribution in [0, 0.1) is 0 Å². The summed E-state index contributed by atoms with van der Waals surface area (Å²) >= 11 is 0. The lowest BCUT2D eigenvalue weighted by Crippen LogP contribution is -2.26. The van der Waals surface area contributed by atoms with Gasteiger partial charge < -0.3 is 15.6 Å². The summed E-state index contributed by atoms with van der Waals surface area (Å²) in [7, 11) is 0. The van der Waals surface area contributed by atoms with E-state index in [0.29, 0.717) is 13.0 Å². The van der Waals surface area contributed by atoms with E-state index >= 15 is 0 Å². The molecule has 140 valence electrons. The van der Waals surface area contributed by atoms with Crippen molar-refractivity contribution in [2.75, 3.05) is 13.1 Å². The van der Waals surface area contributed by atoms with Crippen LogP contribution in [0.3, 0.4) is 0 Å². The maximum atomic E-state index is 11.8. The van der Waals surface area contributed by atoms with E-state index < -0.39 is 0 Å². The molecule has 0 saturated heterocycles. The van der Waals surface area contributed by atoms with Crippen molar-refractivity contribution in [3.8, 4) is 0 Å². The molecule has 6 nitrogen and oxygen atoms in total. The fourth-order valence-electron chi connectivity index (χ4n) is 2.92. The summed E-state index contributed by atoms with van der Waals surface area (Å²) in [4.78, 5) is 11.8. The number of carbonyl (C=O) groups excluding carboxylic acids is 1. The first kappa shape index (κ1) is 23.1. The van der Waals surface area contributed by atoms with Crippen molar-refractivity contribution in [2.24, 2.45) is 5.73 Å². The largest absolute Gasteiger partial charge is 0.356 e. The molecule has 3 N–H and O–H groups in total. The highest BCUT2D eigenvalue weighted by Gasteiger charge is 2.14. The van der Waals surface area contributed by atoms with Gasteiger partial charge in [-0.3, -0.25) is 4.79 Å². The van der Waals surface area contributed by atoms with Crippen LogP contribution in [-0.4, -0.2) is 33.8 Å². The molecule has 0 bridgehead atoms. The van der Waals surface area contributed by atoms with Crippen LogP contribution in [0.1, 0.15) is 63.0 Å². The first-order chi connectivity index (χ1) is 10.8. The number of nitrogens with two attached hydrogens (primary N) is 1. The summed E-state index contributed by atoms with van der Waals surface area (Å²) < 4.78 is 2.24. The van der Waals surface area contributed by atoms with Gasteiger partial charge in [0.15, 0.2) is 0 Å². The molecule has 2 rings (SSSR count).